The van der Waals surface area contributed by atoms with Gasteiger partial charge in [-0.1, -0.05) is 13.3 Å². The van der Waals surface area contributed by atoms with Gasteiger partial charge in [0.25, 0.3) is 0 Å². The van der Waals surface area contributed by atoms with Crippen LogP contribution in [0.1, 0.15) is 42.0 Å². The molecule has 1 aliphatic carbocycles. The molecule has 2 atom stereocenters. The predicted octanol–water partition coefficient (Wildman–Crippen LogP) is 2.54. The van der Waals surface area contributed by atoms with Crippen LogP contribution in [0.25, 0.3) is 0 Å². The smallest absolute Gasteiger partial charge is 0.0959 e. The van der Waals surface area contributed by atoms with E-state index in [0.29, 0.717) is 5.92 Å². The van der Waals surface area contributed by atoms with Crippen LogP contribution >= 0.6 is 11.3 Å². The number of nitrogens with zero attached hydrogens (tertiary/aromatic N) is 1. The van der Waals surface area contributed by atoms with Crippen LogP contribution in [0.5, 0.6) is 0 Å². The fourth-order valence-corrected chi connectivity index (χ4v) is 2.94. The first kappa shape index (κ1) is 9.16. The molecule has 1 fully saturated rings. The fourth-order valence-electron chi connectivity index (χ4n) is 2.02. The lowest BCUT2D eigenvalue weighted by atomic mass is 10.1. The fraction of sp³-hybridized carbons (Fsp3) is 0.700. The summed E-state index contributed by atoms with van der Waals surface area (Å²) in [4.78, 5) is 5.36. The molecule has 1 aromatic rings. The van der Waals surface area contributed by atoms with Crippen molar-refractivity contribution >= 4 is 11.3 Å². The van der Waals surface area contributed by atoms with E-state index in [2.05, 4.69) is 11.9 Å². The van der Waals surface area contributed by atoms with Gasteiger partial charge in [-0.15, -0.1) is 11.3 Å². The molecule has 0 saturated heterocycles. The van der Waals surface area contributed by atoms with Crippen LogP contribution in [-0.4, -0.2) is 10.1 Å². The molecule has 2 rings (SSSR count). The summed E-state index contributed by atoms with van der Waals surface area (Å²) in [5.74, 6) is 1.52. The van der Waals surface area contributed by atoms with Gasteiger partial charge in [0, 0.05) is 12.1 Å². The maximum atomic E-state index is 8.92. The molecule has 0 aliphatic heterocycles. The molecule has 0 spiro atoms. The monoisotopic (exact) mass is 197 g/mol. The quantitative estimate of drug-likeness (QED) is 0.790. The summed E-state index contributed by atoms with van der Waals surface area (Å²) < 4.78 is 0. The Morgan fingerprint density at radius 3 is 3.00 bits per heavy atom. The molecule has 1 aliphatic rings. The lowest BCUT2D eigenvalue weighted by Gasteiger charge is -2.03. The lowest BCUT2D eigenvalue weighted by Crippen LogP contribution is -1.91. The van der Waals surface area contributed by atoms with Crippen LogP contribution in [-0.2, 0) is 6.61 Å². The Labute approximate surface area is 82.6 Å². The van der Waals surface area contributed by atoms with Gasteiger partial charge in [-0.2, -0.15) is 0 Å². The molecule has 1 heterocycles. The van der Waals surface area contributed by atoms with Gasteiger partial charge < -0.3 is 5.11 Å². The molecular formula is C10H15NOS. The maximum Gasteiger partial charge on any atom is 0.0959 e. The lowest BCUT2D eigenvalue weighted by molar-refractivity contribution is 0.285. The summed E-state index contributed by atoms with van der Waals surface area (Å²) in [5.41, 5.74) is 0. The third-order valence-electron chi connectivity index (χ3n) is 2.77. The minimum Gasteiger partial charge on any atom is -0.391 e. The summed E-state index contributed by atoms with van der Waals surface area (Å²) in [6, 6.07) is 0. The van der Waals surface area contributed by atoms with Crippen LogP contribution in [0, 0.1) is 5.92 Å². The molecule has 0 amide bonds. The highest BCUT2D eigenvalue weighted by Gasteiger charge is 2.24. The average molecular weight is 197 g/mol. The zero-order chi connectivity index (χ0) is 9.26. The van der Waals surface area contributed by atoms with Crippen molar-refractivity contribution in [1.29, 1.82) is 0 Å². The van der Waals surface area contributed by atoms with Gasteiger partial charge in [0.2, 0.25) is 0 Å². The van der Waals surface area contributed by atoms with E-state index in [1.54, 1.807) is 11.3 Å². The molecule has 1 unspecified atom stereocenters. The number of rotatable bonds is 2. The second kappa shape index (κ2) is 3.76. The first-order valence-corrected chi connectivity index (χ1v) is 5.66. The van der Waals surface area contributed by atoms with Crippen molar-refractivity contribution in [3.63, 3.8) is 0 Å². The molecule has 2 nitrogen and oxygen atoms in total. The number of aliphatic hydroxyl groups is 1. The van der Waals surface area contributed by atoms with Crippen LogP contribution in [0.4, 0.5) is 0 Å². The van der Waals surface area contributed by atoms with Crippen molar-refractivity contribution < 1.29 is 5.11 Å². The third kappa shape index (κ3) is 1.92. The summed E-state index contributed by atoms with van der Waals surface area (Å²) in [7, 11) is 0. The van der Waals surface area contributed by atoms with Crippen LogP contribution in [0.2, 0.25) is 0 Å². The SMILES string of the molecule is C[C@H]1CCC(c2ncc(CO)s2)C1. The molecule has 72 valence electrons. The zero-order valence-corrected chi connectivity index (χ0v) is 8.68. The topological polar surface area (TPSA) is 33.1 Å². The van der Waals surface area contributed by atoms with E-state index in [1.807, 2.05) is 6.20 Å². The van der Waals surface area contributed by atoms with Crippen molar-refractivity contribution in [3.8, 4) is 0 Å². The van der Waals surface area contributed by atoms with E-state index in [-0.39, 0.29) is 6.61 Å². The van der Waals surface area contributed by atoms with Gasteiger partial charge in [0.05, 0.1) is 16.5 Å². The Balaban J connectivity index is 2.08. The highest BCUT2D eigenvalue weighted by atomic mass is 32.1. The number of hydrogen-bond acceptors (Lipinski definition) is 3. The highest BCUT2D eigenvalue weighted by molar-refractivity contribution is 7.11. The Morgan fingerprint density at radius 2 is 2.46 bits per heavy atom. The zero-order valence-electron chi connectivity index (χ0n) is 7.86. The van der Waals surface area contributed by atoms with Gasteiger partial charge >= 0.3 is 0 Å². The largest absolute Gasteiger partial charge is 0.391 e. The van der Waals surface area contributed by atoms with Crippen LogP contribution < -0.4 is 0 Å². The van der Waals surface area contributed by atoms with Crippen molar-refractivity contribution in [2.45, 2.75) is 38.7 Å². The van der Waals surface area contributed by atoms with E-state index in [9.17, 15) is 0 Å². The Hall–Kier alpha value is -0.410. The summed E-state index contributed by atoms with van der Waals surface area (Å²) in [6.45, 7) is 2.44. The first-order chi connectivity index (χ1) is 6.29. The van der Waals surface area contributed by atoms with Crippen molar-refractivity contribution in [1.82, 2.24) is 4.98 Å². The number of aliphatic hydroxyl groups excluding tert-OH is 1. The Kier molecular flexibility index (Phi) is 2.65. The molecule has 13 heavy (non-hydrogen) atoms. The van der Waals surface area contributed by atoms with E-state index < -0.39 is 0 Å². The summed E-state index contributed by atoms with van der Waals surface area (Å²) >= 11 is 1.67. The van der Waals surface area contributed by atoms with E-state index in [4.69, 9.17) is 5.11 Å². The van der Waals surface area contributed by atoms with Gasteiger partial charge in [0.15, 0.2) is 0 Å². The van der Waals surface area contributed by atoms with Crippen molar-refractivity contribution in [2.75, 3.05) is 0 Å². The van der Waals surface area contributed by atoms with Gasteiger partial charge in [0.1, 0.15) is 0 Å². The first-order valence-electron chi connectivity index (χ1n) is 4.85. The normalized spacial score (nSPS) is 28.2. The second-order valence-corrected chi connectivity index (χ2v) is 5.08. The third-order valence-corrected chi connectivity index (χ3v) is 3.92. The average Bonchev–Trinajstić information content (AvgIpc) is 2.71. The minimum atomic E-state index is 0.139. The Bertz CT molecular complexity index is 284. The van der Waals surface area contributed by atoms with Crippen molar-refractivity contribution in [3.05, 3.63) is 16.1 Å². The molecule has 0 aromatic carbocycles. The minimum absolute atomic E-state index is 0.139. The maximum absolute atomic E-state index is 8.92. The second-order valence-electron chi connectivity index (χ2n) is 3.94. The summed E-state index contributed by atoms with van der Waals surface area (Å²) in [6.07, 6.45) is 5.69. The molecule has 1 saturated carbocycles. The number of aromatic nitrogens is 1. The molecule has 1 aromatic heterocycles. The molecule has 1 N–H and O–H groups in total. The van der Waals surface area contributed by atoms with Crippen molar-refractivity contribution in [2.24, 2.45) is 5.92 Å². The predicted molar refractivity (Wildman–Crippen MR) is 53.8 cm³/mol. The molecule has 0 radical (unpaired) electrons. The Morgan fingerprint density at radius 1 is 1.62 bits per heavy atom. The van der Waals surface area contributed by atoms with Crippen LogP contribution in [0.3, 0.4) is 0 Å². The van der Waals surface area contributed by atoms with Gasteiger partial charge in [-0.3, -0.25) is 0 Å². The summed E-state index contributed by atoms with van der Waals surface area (Å²) in [5, 5.41) is 10.1. The number of thiazole rings is 1. The molecular weight excluding hydrogens is 182 g/mol. The van der Waals surface area contributed by atoms with Gasteiger partial charge in [-0.05, 0) is 18.8 Å². The van der Waals surface area contributed by atoms with E-state index in [0.717, 1.165) is 10.8 Å². The molecule has 0 bridgehead atoms. The van der Waals surface area contributed by atoms with E-state index >= 15 is 0 Å². The number of hydrogen-bond donors (Lipinski definition) is 1. The molecule has 3 heteroatoms. The highest BCUT2D eigenvalue weighted by Crippen LogP contribution is 2.39. The van der Waals surface area contributed by atoms with Crippen LogP contribution in [0.15, 0.2) is 6.20 Å². The van der Waals surface area contributed by atoms with Gasteiger partial charge in [-0.25, -0.2) is 4.98 Å². The van der Waals surface area contributed by atoms with E-state index in [1.165, 1.54) is 24.3 Å². The standard InChI is InChI=1S/C10H15NOS/c1-7-2-3-8(4-7)10-11-5-9(6-12)13-10/h5,7-8,12H,2-4,6H2,1H3/t7-,8?/m0/s1.